The average Bonchev–Trinajstić information content (AvgIpc) is 2.38. The topological polar surface area (TPSA) is 40.5 Å². The van der Waals surface area contributed by atoms with E-state index in [1.165, 1.54) is 11.1 Å². The Morgan fingerprint density at radius 1 is 1.12 bits per heavy atom. The monoisotopic (exact) mass is 234 g/mol. The maximum absolute atomic E-state index is 10.9. The van der Waals surface area contributed by atoms with Crippen molar-refractivity contribution in [2.45, 2.75) is 63.1 Å². The lowest BCUT2D eigenvalue weighted by Gasteiger charge is -2.51. The molecule has 0 aromatic carbocycles. The molecule has 0 amide bonds. The highest BCUT2D eigenvalue weighted by Gasteiger charge is 2.54. The van der Waals surface area contributed by atoms with Crippen LogP contribution in [0.3, 0.4) is 0 Å². The molecule has 0 heterocycles. The van der Waals surface area contributed by atoms with Crippen LogP contribution in [0, 0.1) is 5.92 Å². The first kappa shape index (κ1) is 11.5. The molecule has 0 bridgehead atoms. The molecule has 0 saturated heterocycles. The van der Waals surface area contributed by atoms with Gasteiger partial charge >= 0.3 is 0 Å². The van der Waals surface area contributed by atoms with Crippen molar-refractivity contribution < 1.29 is 10.2 Å². The van der Waals surface area contributed by atoms with Gasteiger partial charge in [-0.1, -0.05) is 17.7 Å². The van der Waals surface area contributed by atoms with Gasteiger partial charge in [-0.15, -0.1) is 0 Å². The van der Waals surface area contributed by atoms with Crippen molar-refractivity contribution in [3.05, 3.63) is 23.3 Å². The van der Waals surface area contributed by atoms with Gasteiger partial charge in [0.25, 0.3) is 0 Å². The van der Waals surface area contributed by atoms with E-state index < -0.39 is 11.2 Å². The maximum Gasteiger partial charge on any atom is 0.0746 e. The van der Waals surface area contributed by atoms with Gasteiger partial charge in [-0.3, -0.25) is 0 Å². The normalized spacial score (nSPS) is 45.5. The van der Waals surface area contributed by atoms with Crippen LogP contribution >= 0.6 is 0 Å². The minimum absolute atomic E-state index is 0.0463. The first-order valence-electron chi connectivity index (χ1n) is 6.86. The number of hydrogen-bond acceptors (Lipinski definition) is 2. The van der Waals surface area contributed by atoms with Crippen molar-refractivity contribution in [1.82, 2.24) is 0 Å². The molecule has 2 nitrogen and oxygen atoms in total. The van der Waals surface area contributed by atoms with Gasteiger partial charge in [-0.05, 0) is 57.4 Å². The standard InChI is InChI=1S/C15H22O2/c1-11-5-9-15(17)8-3-7-14(16)6-2-4-12(10-11)13(14)15/h4,10,13,16-17H,2-3,5-9H2,1H3/t13-,14-,15-/m0/s1. The average molecular weight is 234 g/mol. The Hall–Kier alpha value is -0.600. The van der Waals surface area contributed by atoms with Crippen LogP contribution in [0.5, 0.6) is 0 Å². The Labute approximate surface area is 103 Å². The molecular formula is C15H22O2. The summed E-state index contributed by atoms with van der Waals surface area (Å²) in [5.41, 5.74) is 1.20. The fourth-order valence-corrected chi connectivity index (χ4v) is 4.17. The van der Waals surface area contributed by atoms with Gasteiger partial charge in [-0.2, -0.15) is 0 Å². The second-order valence-electron chi connectivity index (χ2n) is 6.23. The van der Waals surface area contributed by atoms with E-state index in [2.05, 4.69) is 19.1 Å². The summed E-state index contributed by atoms with van der Waals surface area (Å²) in [5, 5.41) is 21.8. The molecule has 3 aliphatic carbocycles. The van der Waals surface area contributed by atoms with E-state index in [0.717, 1.165) is 44.9 Å². The molecule has 2 heteroatoms. The highest BCUT2D eigenvalue weighted by atomic mass is 16.3. The third-order valence-electron chi connectivity index (χ3n) is 4.95. The summed E-state index contributed by atoms with van der Waals surface area (Å²) >= 11 is 0. The van der Waals surface area contributed by atoms with Crippen molar-refractivity contribution >= 4 is 0 Å². The van der Waals surface area contributed by atoms with Crippen molar-refractivity contribution in [3.63, 3.8) is 0 Å². The highest BCUT2D eigenvalue weighted by Crippen LogP contribution is 2.52. The van der Waals surface area contributed by atoms with Gasteiger partial charge in [0.05, 0.1) is 11.2 Å². The minimum atomic E-state index is -0.673. The summed E-state index contributed by atoms with van der Waals surface area (Å²) in [6.45, 7) is 2.13. The van der Waals surface area contributed by atoms with E-state index in [9.17, 15) is 10.2 Å². The molecule has 1 fully saturated rings. The summed E-state index contributed by atoms with van der Waals surface area (Å²) < 4.78 is 0. The van der Waals surface area contributed by atoms with Crippen LogP contribution in [0.15, 0.2) is 23.3 Å². The zero-order valence-electron chi connectivity index (χ0n) is 10.6. The van der Waals surface area contributed by atoms with E-state index in [4.69, 9.17) is 0 Å². The molecule has 3 rings (SSSR count). The molecule has 3 atom stereocenters. The molecule has 17 heavy (non-hydrogen) atoms. The Bertz CT molecular complexity index is 396. The lowest BCUT2D eigenvalue weighted by molar-refractivity contribution is -0.151. The summed E-state index contributed by atoms with van der Waals surface area (Å²) in [6, 6.07) is 0. The lowest BCUT2D eigenvalue weighted by Crippen LogP contribution is -2.56. The first-order chi connectivity index (χ1) is 8.04. The molecule has 0 aromatic heterocycles. The van der Waals surface area contributed by atoms with E-state index in [1.54, 1.807) is 0 Å². The minimum Gasteiger partial charge on any atom is -0.389 e. The molecular weight excluding hydrogens is 212 g/mol. The summed E-state index contributed by atoms with van der Waals surface area (Å²) in [7, 11) is 0. The highest BCUT2D eigenvalue weighted by molar-refractivity contribution is 5.36. The zero-order valence-corrected chi connectivity index (χ0v) is 10.6. The second-order valence-corrected chi connectivity index (χ2v) is 6.23. The smallest absolute Gasteiger partial charge is 0.0746 e. The maximum atomic E-state index is 10.9. The van der Waals surface area contributed by atoms with Crippen LogP contribution in [0.25, 0.3) is 0 Å². The first-order valence-corrected chi connectivity index (χ1v) is 6.86. The SMILES string of the molecule is CC1=CC2=CCC[C@]3(O)CCC[C@](O)(CC1)[C@@H]23. The Kier molecular flexibility index (Phi) is 2.50. The van der Waals surface area contributed by atoms with Crippen LogP contribution in [0.1, 0.15) is 51.9 Å². The summed E-state index contributed by atoms with van der Waals surface area (Å²) in [4.78, 5) is 0. The van der Waals surface area contributed by atoms with Crippen LogP contribution in [-0.4, -0.2) is 21.4 Å². The van der Waals surface area contributed by atoms with Crippen molar-refractivity contribution in [1.29, 1.82) is 0 Å². The van der Waals surface area contributed by atoms with Crippen molar-refractivity contribution in [3.8, 4) is 0 Å². The molecule has 3 aliphatic rings. The fraction of sp³-hybridized carbons (Fsp3) is 0.733. The third-order valence-corrected chi connectivity index (χ3v) is 4.95. The van der Waals surface area contributed by atoms with Crippen LogP contribution in [0.2, 0.25) is 0 Å². The molecule has 1 saturated carbocycles. The number of hydrogen-bond donors (Lipinski definition) is 2. The van der Waals surface area contributed by atoms with Gasteiger partial charge in [0.1, 0.15) is 0 Å². The van der Waals surface area contributed by atoms with E-state index in [-0.39, 0.29) is 5.92 Å². The van der Waals surface area contributed by atoms with E-state index in [1.807, 2.05) is 0 Å². The molecule has 0 aliphatic heterocycles. The third kappa shape index (κ3) is 1.69. The van der Waals surface area contributed by atoms with Crippen molar-refractivity contribution in [2.24, 2.45) is 5.92 Å². The Morgan fingerprint density at radius 2 is 1.82 bits per heavy atom. The predicted molar refractivity (Wildman–Crippen MR) is 67.5 cm³/mol. The molecule has 2 N–H and O–H groups in total. The molecule has 0 aromatic rings. The van der Waals surface area contributed by atoms with Crippen LogP contribution < -0.4 is 0 Å². The summed E-state index contributed by atoms with van der Waals surface area (Å²) in [5.74, 6) is -0.0463. The fourth-order valence-electron chi connectivity index (χ4n) is 4.17. The predicted octanol–water partition coefficient (Wildman–Crippen LogP) is 2.71. The van der Waals surface area contributed by atoms with Gasteiger partial charge in [0, 0.05) is 5.92 Å². The number of aliphatic hydroxyl groups is 2. The number of allylic oxidation sites excluding steroid dienone is 3. The largest absolute Gasteiger partial charge is 0.389 e. The van der Waals surface area contributed by atoms with E-state index >= 15 is 0 Å². The molecule has 0 unspecified atom stereocenters. The number of rotatable bonds is 0. The van der Waals surface area contributed by atoms with Crippen molar-refractivity contribution in [2.75, 3.05) is 0 Å². The van der Waals surface area contributed by atoms with Gasteiger partial charge in [0.15, 0.2) is 0 Å². The molecule has 0 spiro atoms. The van der Waals surface area contributed by atoms with Crippen LogP contribution in [-0.2, 0) is 0 Å². The quantitative estimate of drug-likeness (QED) is 0.676. The lowest BCUT2D eigenvalue weighted by atomic mass is 9.59. The Morgan fingerprint density at radius 3 is 2.59 bits per heavy atom. The molecule has 0 radical (unpaired) electrons. The summed E-state index contributed by atoms with van der Waals surface area (Å²) in [6.07, 6.45) is 10.6. The van der Waals surface area contributed by atoms with Crippen LogP contribution in [0.4, 0.5) is 0 Å². The second kappa shape index (κ2) is 3.69. The zero-order chi connectivity index (χ0) is 12.1. The van der Waals surface area contributed by atoms with E-state index in [0.29, 0.717) is 0 Å². The van der Waals surface area contributed by atoms with Gasteiger partial charge in [-0.25, -0.2) is 0 Å². The van der Waals surface area contributed by atoms with Gasteiger partial charge < -0.3 is 10.2 Å². The Balaban J connectivity index is 2.10. The van der Waals surface area contributed by atoms with Gasteiger partial charge in [0.2, 0.25) is 0 Å². The molecule has 94 valence electrons.